The Hall–Kier alpha value is -1.28. The van der Waals surface area contributed by atoms with Crippen LogP contribution in [0.3, 0.4) is 0 Å². The van der Waals surface area contributed by atoms with E-state index in [1.807, 2.05) is 0 Å². The summed E-state index contributed by atoms with van der Waals surface area (Å²) in [6.45, 7) is 11.2. The van der Waals surface area contributed by atoms with Gasteiger partial charge in [0.05, 0.1) is 0 Å². The molecule has 0 saturated carbocycles. The number of aryl methyl sites for hydroxylation is 3. The van der Waals surface area contributed by atoms with Gasteiger partial charge in [0.15, 0.2) is 0 Å². The van der Waals surface area contributed by atoms with Crippen LogP contribution in [0.5, 0.6) is 0 Å². The average Bonchev–Trinajstić information content (AvgIpc) is 2.97. The second kappa shape index (κ2) is 11.9. The van der Waals surface area contributed by atoms with Crippen LogP contribution in [0.15, 0.2) is 93.4 Å². The van der Waals surface area contributed by atoms with E-state index in [-0.39, 0.29) is 42.6 Å². The molecule has 0 spiro atoms. The summed E-state index contributed by atoms with van der Waals surface area (Å²) in [6.07, 6.45) is 1.02. The molecule has 0 aliphatic heterocycles. The van der Waals surface area contributed by atoms with Gasteiger partial charge in [0, 0.05) is 0 Å². The zero-order valence-electron chi connectivity index (χ0n) is 19.8. The molecule has 1 aliphatic rings. The molecule has 0 heterocycles. The van der Waals surface area contributed by atoms with Crippen molar-refractivity contribution in [2.24, 2.45) is 0 Å². The zero-order chi connectivity index (χ0) is 21.5. The third-order valence-corrected chi connectivity index (χ3v) is 7.49. The van der Waals surface area contributed by atoms with E-state index >= 15 is 0 Å². The van der Waals surface area contributed by atoms with Crippen molar-refractivity contribution >= 4 is 0 Å². The van der Waals surface area contributed by atoms with Crippen molar-refractivity contribution in [2.75, 3.05) is 0 Å². The smallest absolute Gasteiger partial charge is 1.00 e. The standard InChI is InChI=1S/C29H29.3ClH.Ti/c1-20-9-6-12-25(17-20)29(26-13-7-10-21(2)18-26,27-14-8-11-22(3)19-27)28-16-15-23(4)24(28)5;;;;/h6-14,17-19H,16H2,1-5H3;3*1H;/q;;;;+3/p-3. The molecule has 0 fully saturated rings. The number of benzene rings is 3. The Morgan fingerprint density at radius 3 is 1.21 bits per heavy atom. The molecule has 170 valence electrons. The van der Waals surface area contributed by atoms with Crippen molar-refractivity contribution < 1.29 is 57.7 Å². The van der Waals surface area contributed by atoms with E-state index in [1.54, 1.807) is 0 Å². The van der Waals surface area contributed by atoms with Crippen LogP contribution in [-0.2, 0) is 25.9 Å². The fourth-order valence-corrected chi connectivity index (χ4v) is 5.53. The average molecular weight is 532 g/mol. The number of rotatable bonds is 4. The number of halogens is 3. The van der Waals surface area contributed by atoms with Gasteiger partial charge in [-0.25, -0.2) is 0 Å². The SMILES string of the molecule is CC1=[C]([Ti+3])CC(C(c2cccc(C)c2)(c2cccc(C)c2)c2cccc(C)c2)=C1C.[Cl-].[Cl-].[Cl-]. The Labute approximate surface area is 229 Å². The maximum absolute atomic E-state index is 2.38. The van der Waals surface area contributed by atoms with Crippen LogP contribution in [-0.4, -0.2) is 0 Å². The molecule has 4 rings (SSSR count). The number of allylic oxidation sites excluding steroid dienone is 4. The second-order valence-corrected chi connectivity index (χ2v) is 9.68. The first-order valence-corrected chi connectivity index (χ1v) is 11.5. The molecule has 1 aliphatic carbocycles. The van der Waals surface area contributed by atoms with Gasteiger partial charge >= 0.3 is 194 Å². The minimum Gasteiger partial charge on any atom is -1.00 e. The quantitative estimate of drug-likeness (QED) is 0.284. The van der Waals surface area contributed by atoms with Crippen molar-refractivity contribution in [1.82, 2.24) is 0 Å². The third-order valence-electron chi connectivity index (χ3n) is 6.63. The van der Waals surface area contributed by atoms with Crippen molar-refractivity contribution in [3.63, 3.8) is 0 Å². The second-order valence-electron chi connectivity index (χ2n) is 8.74. The largest absolute Gasteiger partial charge is 1.00 e. The summed E-state index contributed by atoms with van der Waals surface area (Å²) in [5, 5.41) is 0. The van der Waals surface area contributed by atoms with Gasteiger partial charge in [-0.15, -0.1) is 0 Å². The molecule has 0 nitrogen and oxygen atoms in total. The van der Waals surface area contributed by atoms with Crippen molar-refractivity contribution in [1.29, 1.82) is 0 Å². The predicted octanol–water partition coefficient (Wildman–Crippen LogP) is -1.50. The first-order chi connectivity index (χ1) is 14.3. The zero-order valence-corrected chi connectivity index (χ0v) is 23.6. The molecule has 0 radical (unpaired) electrons. The van der Waals surface area contributed by atoms with Gasteiger partial charge in [-0.1, -0.05) is 0 Å². The summed E-state index contributed by atoms with van der Waals surface area (Å²) in [5.74, 6) is 0. The molecule has 0 atom stereocenters. The minimum absolute atomic E-state index is 0. The van der Waals surface area contributed by atoms with E-state index in [0.29, 0.717) is 0 Å². The third kappa shape index (κ3) is 5.37. The van der Waals surface area contributed by atoms with Gasteiger partial charge in [-0.2, -0.15) is 0 Å². The van der Waals surface area contributed by atoms with E-state index in [1.165, 1.54) is 54.0 Å². The molecule has 3 aromatic rings. The normalized spacial score (nSPS) is 13.3. The van der Waals surface area contributed by atoms with Gasteiger partial charge in [0.2, 0.25) is 0 Å². The van der Waals surface area contributed by atoms with Crippen molar-refractivity contribution in [3.8, 4) is 0 Å². The Kier molecular flexibility index (Phi) is 10.7. The molecule has 0 aromatic heterocycles. The topological polar surface area (TPSA) is 0 Å². The van der Waals surface area contributed by atoms with E-state index in [2.05, 4.69) is 128 Å². The van der Waals surface area contributed by atoms with Gasteiger partial charge in [0.25, 0.3) is 0 Å². The van der Waals surface area contributed by atoms with Crippen LogP contribution in [0, 0.1) is 20.8 Å². The van der Waals surface area contributed by atoms with Crippen molar-refractivity contribution in [2.45, 2.75) is 46.5 Å². The summed E-state index contributed by atoms with van der Waals surface area (Å²) in [4.78, 5) is 0. The molecule has 3 aromatic carbocycles. The predicted molar refractivity (Wildman–Crippen MR) is 123 cm³/mol. The van der Waals surface area contributed by atoms with E-state index in [0.717, 1.165) is 6.42 Å². The first-order valence-electron chi connectivity index (χ1n) is 10.7. The van der Waals surface area contributed by atoms with E-state index in [9.17, 15) is 0 Å². The van der Waals surface area contributed by atoms with Crippen molar-refractivity contribution in [3.05, 3.63) is 127 Å². The minimum atomic E-state index is -0.298. The van der Waals surface area contributed by atoms with Crippen LogP contribution < -0.4 is 37.2 Å². The fraction of sp³-hybridized carbons (Fsp3) is 0.241. The Morgan fingerprint density at radius 2 is 0.939 bits per heavy atom. The Balaban J connectivity index is 0.00000181. The summed E-state index contributed by atoms with van der Waals surface area (Å²) in [5.41, 5.74) is 12.1. The van der Waals surface area contributed by atoms with Crippen LogP contribution >= 0.6 is 0 Å². The summed E-state index contributed by atoms with van der Waals surface area (Å²) in [6, 6.07) is 27.3. The molecular formula is C29H29Cl3Ti. The van der Waals surface area contributed by atoms with E-state index < -0.39 is 0 Å². The molecular weight excluding hydrogens is 503 g/mol. The molecule has 0 unspecified atom stereocenters. The molecule has 0 saturated heterocycles. The molecule has 0 N–H and O–H groups in total. The molecule has 4 heteroatoms. The molecule has 0 amide bonds. The first kappa shape index (κ1) is 29.8. The van der Waals surface area contributed by atoms with Crippen LogP contribution in [0.2, 0.25) is 0 Å². The van der Waals surface area contributed by atoms with Gasteiger partial charge in [0.1, 0.15) is 0 Å². The van der Waals surface area contributed by atoms with Crippen LogP contribution in [0.25, 0.3) is 0 Å². The Bertz CT molecular complexity index is 1080. The number of hydrogen-bond donors (Lipinski definition) is 0. The van der Waals surface area contributed by atoms with Crippen LogP contribution in [0.4, 0.5) is 0 Å². The maximum atomic E-state index is 2.38. The monoisotopic (exact) mass is 530 g/mol. The van der Waals surface area contributed by atoms with Gasteiger partial charge in [-0.3, -0.25) is 0 Å². The van der Waals surface area contributed by atoms with Gasteiger partial charge in [-0.05, 0) is 0 Å². The number of hydrogen-bond acceptors (Lipinski definition) is 0. The summed E-state index contributed by atoms with van der Waals surface area (Å²) >= 11 is 2.29. The van der Waals surface area contributed by atoms with Gasteiger partial charge < -0.3 is 37.2 Å². The Morgan fingerprint density at radius 1 is 0.576 bits per heavy atom. The molecule has 0 bridgehead atoms. The fourth-order valence-electron chi connectivity index (χ4n) is 4.97. The summed E-state index contributed by atoms with van der Waals surface area (Å²) < 4.78 is 1.49. The van der Waals surface area contributed by atoms with Crippen LogP contribution in [0.1, 0.15) is 53.6 Å². The maximum Gasteiger partial charge on any atom is -1.00 e. The van der Waals surface area contributed by atoms with E-state index in [4.69, 9.17) is 0 Å². The summed E-state index contributed by atoms with van der Waals surface area (Å²) in [7, 11) is 0. The molecule has 33 heavy (non-hydrogen) atoms.